The molecule has 0 radical (unpaired) electrons. The van der Waals surface area contributed by atoms with Gasteiger partial charge in [-0.2, -0.15) is 0 Å². The van der Waals surface area contributed by atoms with Crippen LogP contribution in [0.15, 0.2) is 23.4 Å². The fraction of sp³-hybridized carbons (Fsp3) is 0.357. The zero-order valence-corrected chi connectivity index (χ0v) is 13.4. The van der Waals surface area contributed by atoms with Gasteiger partial charge in [0.1, 0.15) is 5.82 Å². The number of aromatic nitrogens is 3. The van der Waals surface area contributed by atoms with Crippen LogP contribution in [0.3, 0.4) is 0 Å². The van der Waals surface area contributed by atoms with Gasteiger partial charge < -0.3 is 11.2 Å². The molecule has 7 heteroatoms. The van der Waals surface area contributed by atoms with Crippen molar-refractivity contribution in [3.05, 3.63) is 35.2 Å². The summed E-state index contributed by atoms with van der Waals surface area (Å²) in [6.45, 7) is 7.53. The number of nitrogen functional groups attached to an aromatic ring is 1. The van der Waals surface area contributed by atoms with Crippen molar-refractivity contribution in [3.63, 3.8) is 0 Å². The molecule has 0 saturated heterocycles. The molecule has 6 nitrogen and oxygen atoms in total. The fourth-order valence-electron chi connectivity index (χ4n) is 1.75. The first-order valence-electron chi connectivity index (χ1n) is 6.60. The summed E-state index contributed by atoms with van der Waals surface area (Å²) in [5.41, 5.74) is 2.97. The highest BCUT2D eigenvalue weighted by molar-refractivity contribution is 8.00. The topological polar surface area (TPSA) is 85.8 Å². The van der Waals surface area contributed by atoms with Gasteiger partial charge in [-0.1, -0.05) is 23.9 Å². The Morgan fingerprint density at radius 1 is 1.33 bits per heavy atom. The second-order valence-corrected chi connectivity index (χ2v) is 6.28. The SMILES string of the molecule is Cc1ccc(C)c(NC(=O)[C@H](C)Sc2nnc(C)n2N)c1. The minimum atomic E-state index is -0.323. The third-order valence-electron chi connectivity index (χ3n) is 3.14. The van der Waals surface area contributed by atoms with Crippen molar-refractivity contribution < 1.29 is 4.79 Å². The highest BCUT2D eigenvalue weighted by Crippen LogP contribution is 2.23. The average Bonchev–Trinajstić information content (AvgIpc) is 2.74. The van der Waals surface area contributed by atoms with Crippen LogP contribution in [0.2, 0.25) is 0 Å². The highest BCUT2D eigenvalue weighted by Gasteiger charge is 2.19. The molecule has 0 fully saturated rings. The smallest absolute Gasteiger partial charge is 0.237 e. The molecule has 112 valence electrons. The van der Waals surface area contributed by atoms with Gasteiger partial charge in [0.05, 0.1) is 5.25 Å². The summed E-state index contributed by atoms with van der Waals surface area (Å²) in [4.78, 5) is 12.3. The Labute approximate surface area is 128 Å². The van der Waals surface area contributed by atoms with Crippen LogP contribution in [-0.2, 0) is 4.79 Å². The van der Waals surface area contributed by atoms with Crippen molar-refractivity contribution in [2.45, 2.75) is 38.1 Å². The standard InChI is InChI=1S/C14H19N5OS/c1-8-5-6-9(2)12(7-8)16-13(20)10(3)21-14-18-17-11(4)19(14)15/h5-7,10H,15H2,1-4H3,(H,16,20)/t10-/m0/s1. The Kier molecular flexibility index (Phi) is 4.52. The molecule has 0 spiro atoms. The van der Waals surface area contributed by atoms with Crippen LogP contribution in [0.5, 0.6) is 0 Å². The van der Waals surface area contributed by atoms with Crippen LogP contribution in [0.25, 0.3) is 0 Å². The lowest BCUT2D eigenvalue weighted by molar-refractivity contribution is -0.115. The molecule has 0 aliphatic rings. The maximum atomic E-state index is 12.3. The number of anilines is 1. The molecule has 1 aromatic carbocycles. The number of nitrogens with zero attached hydrogens (tertiary/aromatic N) is 3. The van der Waals surface area contributed by atoms with Gasteiger partial charge in [-0.25, -0.2) is 4.68 Å². The Morgan fingerprint density at radius 3 is 2.67 bits per heavy atom. The maximum absolute atomic E-state index is 12.3. The van der Waals surface area contributed by atoms with Crippen LogP contribution < -0.4 is 11.2 Å². The maximum Gasteiger partial charge on any atom is 0.237 e. The number of nitrogens with two attached hydrogens (primary N) is 1. The van der Waals surface area contributed by atoms with E-state index in [1.807, 2.05) is 39.0 Å². The number of thioether (sulfide) groups is 1. The minimum absolute atomic E-state index is 0.0886. The fourth-order valence-corrected chi connectivity index (χ4v) is 2.56. The van der Waals surface area contributed by atoms with E-state index in [0.717, 1.165) is 16.8 Å². The van der Waals surface area contributed by atoms with Gasteiger partial charge in [0, 0.05) is 5.69 Å². The molecule has 1 amide bonds. The molecule has 1 aromatic heterocycles. The zero-order chi connectivity index (χ0) is 15.6. The number of amides is 1. The number of carbonyl (C=O) groups excluding carboxylic acids is 1. The quantitative estimate of drug-likeness (QED) is 0.667. The summed E-state index contributed by atoms with van der Waals surface area (Å²) in [6, 6.07) is 5.96. The Hall–Kier alpha value is -2.02. The molecule has 0 aliphatic heterocycles. The molecule has 21 heavy (non-hydrogen) atoms. The van der Waals surface area contributed by atoms with Gasteiger partial charge >= 0.3 is 0 Å². The molecule has 0 bridgehead atoms. The van der Waals surface area contributed by atoms with Gasteiger partial charge in [0.2, 0.25) is 11.1 Å². The van der Waals surface area contributed by atoms with Crippen LogP contribution >= 0.6 is 11.8 Å². The van der Waals surface area contributed by atoms with Gasteiger partial charge in [0.25, 0.3) is 0 Å². The lowest BCUT2D eigenvalue weighted by atomic mass is 10.1. The van der Waals surface area contributed by atoms with E-state index in [-0.39, 0.29) is 11.2 Å². The predicted octanol–water partition coefficient (Wildman–Crippen LogP) is 2.04. The second-order valence-electron chi connectivity index (χ2n) is 4.97. The van der Waals surface area contributed by atoms with Crippen molar-refractivity contribution in [3.8, 4) is 0 Å². The zero-order valence-electron chi connectivity index (χ0n) is 12.5. The van der Waals surface area contributed by atoms with Crippen molar-refractivity contribution in [2.24, 2.45) is 0 Å². The lowest BCUT2D eigenvalue weighted by Gasteiger charge is -2.13. The molecular weight excluding hydrogens is 286 g/mol. The van der Waals surface area contributed by atoms with E-state index in [1.54, 1.807) is 6.92 Å². The molecule has 0 saturated carbocycles. The molecule has 1 heterocycles. The largest absolute Gasteiger partial charge is 0.336 e. The van der Waals surface area contributed by atoms with Gasteiger partial charge in [0.15, 0.2) is 0 Å². The van der Waals surface area contributed by atoms with Crippen LogP contribution in [0.1, 0.15) is 23.9 Å². The van der Waals surface area contributed by atoms with Crippen LogP contribution in [-0.4, -0.2) is 26.0 Å². The Bertz CT molecular complexity index is 667. The Morgan fingerprint density at radius 2 is 2.05 bits per heavy atom. The number of hydrogen-bond donors (Lipinski definition) is 2. The molecule has 3 N–H and O–H groups in total. The molecule has 0 aliphatic carbocycles. The van der Waals surface area contributed by atoms with Crippen molar-refractivity contribution in [1.82, 2.24) is 14.9 Å². The first-order valence-corrected chi connectivity index (χ1v) is 7.48. The number of carbonyl (C=O) groups is 1. The molecule has 0 unspecified atom stereocenters. The first kappa shape index (κ1) is 15.4. The van der Waals surface area contributed by atoms with E-state index in [1.165, 1.54) is 16.4 Å². The summed E-state index contributed by atoms with van der Waals surface area (Å²) >= 11 is 1.28. The van der Waals surface area contributed by atoms with E-state index in [4.69, 9.17) is 5.84 Å². The van der Waals surface area contributed by atoms with Gasteiger partial charge in [-0.05, 0) is 44.9 Å². The van der Waals surface area contributed by atoms with E-state index in [2.05, 4.69) is 15.5 Å². The second kappa shape index (κ2) is 6.17. The van der Waals surface area contributed by atoms with E-state index in [9.17, 15) is 4.79 Å². The third kappa shape index (κ3) is 3.55. The number of aryl methyl sites for hydroxylation is 3. The summed E-state index contributed by atoms with van der Waals surface area (Å²) in [6.07, 6.45) is 0. The number of rotatable bonds is 4. The van der Waals surface area contributed by atoms with Crippen molar-refractivity contribution >= 4 is 23.4 Å². The van der Waals surface area contributed by atoms with E-state index in [0.29, 0.717) is 11.0 Å². The Balaban J connectivity index is 2.06. The molecule has 2 rings (SSSR count). The summed E-state index contributed by atoms with van der Waals surface area (Å²) in [5.74, 6) is 6.31. The lowest BCUT2D eigenvalue weighted by Crippen LogP contribution is -2.24. The summed E-state index contributed by atoms with van der Waals surface area (Å²) < 4.78 is 1.38. The molecular formula is C14H19N5OS. The van der Waals surface area contributed by atoms with Gasteiger partial charge in [-0.15, -0.1) is 10.2 Å². The van der Waals surface area contributed by atoms with Crippen molar-refractivity contribution in [2.75, 3.05) is 11.2 Å². The molecule has 2 aromatic rings. The number of hydrogen-bond acceptors (Lipinski definition) is 5. The third-order valence-corrected chi connectivity index (χ3v) is 4.19. The van der Waals surface area contributed by atoms with Crippen molar-refractivity contribution in [1.29, 1.82) is 0 Å². The predicted molar refractivity (Wildman–Crippen MR) is 84.8 cm³/mol. The van der Waals surface area contributed by atoms with Gasteiger partial charge in [-0.3, -0.25) is 4.79 Å². The molecule has 1 atom stereocenters. The number of nitrogens with one attached hydrogen (secondary N) is 1. The number of benzene rings is 1. The van der Waals surface area contributed by atoms with E-state index >= 15 is 0 Å². The minimum Gasteiger partial charge on any atom is -0.336 e. The normalized spacial score (nSPS) is 12.2. The summed E-state index contributed by atoms with van der Waals surface area (Å²) in [7, 11) is 0. The van der Waals surface area contributed by atoms with Crippen LogP contribution in [0, 0.1) is 20.8 Å². The average molecular weight is 305 g/mol. The summed E-state index contributed by atoms with van der Waals surface area (Å²) in [5, 5.41) is 11.0. The van der Waals surface area contributed by atoms with Crippen LogP contribution in [0.4, 0.5) is 5.69 Å². The monoisotopic (exact) mass is 305 g/mol. The highest BCUT2D eigenvalue weighted by atomic mass is 32.2. The first-order chi connectivity index (χ1) is 9.88. The van der Waals surface area contributed by atoms with E-state index < -0.39 is 0 Å².